The maximum atomic E-state index is 9.92. The van der Waals surface area contributed by atoms with Crippen molar-refractivity contribution in [2.24, 2.45) is 0 Å². The molecule has 0 fully saturated rings. The zero-order valence-corrected chi connectivity index (χ0v) is 19.1. The van der Waals surface area contributed by atoms with Crippen LogP contribution in [0, 0.1) is 0 Å². The zero-order chi connectivity index (χ0) is 22.4. The van der Waals surface area contributed by atoms with Crippen molar-refractivity contribution in [1.82, 2.24) is 19.9 Å². The second-order valence-corrected chi connectivity index (χ2v) is 8.05. The number of hydrogen-bond acceptors (Lipinski definition) is 4. The van der Waals surface area contributed by atoms with E-state index in [-0.39, 0.29) is 17.1 Å². The fourth-order valence-electron chi connectivity index (χ4n) is 4.21. The fourth-order valence-corrected chi connectivity index (χ4v) is 4.21. The molecule has 165 valence electrons. The summed E-state index contributed by atoms with van der Waals surface area (Å²) < 4.78 is 0. The molecule has 6 rings (SSSR count). The number of rotatable bonds is 2. The molecule has 4 N–H and O–H groups in total. The summed E-state index contributed by atoms with van der Waals surface area (Å²) in [6, 6.07) is 21.3. The Morgan fingerprint density at radius 2 is 1.21 bits per heavy atom. The van der Waals surface area contributed by atoms with E-state index in [1.165, 1.54) is 0 Å². The molecule has 34 heavy (non-hydrogen) atoms. The summed E-state index contributed by atoms with van der Waals surface area (Å²) in [5, 5.41) is 19.8. The molecule has 4 aromatic rings. The van der Waals surface area contributed by atoms with Gasteiger partial charge in [0.05, 0.1) is 22.8 Å². The maximum Gasteiger partial charge on any atom is 0.489 e. The number of benzene rings is 1. The second-order valence-electron chi connectivity index (χ2n) is 8.05. The first-order valence-electron chi connectivity index (χ1n) is 10.6. The van der Waals surface area contributed by atoms with E-state index in [1.807, 2.05) is 78.9 Å². The minimum absolute atomic E-state index is 0. The van der Waals surface area contributed by atoms with Gasteiger partial charge < -0.3 is 20.0 Å². The van der Waals surface area contributed by atoms with Gasteiger partial charge in [0.1, 0.15) is 0 Å². The van der Waals surface area contributed by atoms with E-state index in [9.17, 15) is 10.0 Å². The molecule has 0 aliphatic carbocycles. The van der Waals surface area contributed by atoms with Crippen LogP contribution < -0.4 is 5.46 Å². The normalized spacial score (nSPS) is 11.9. The molecule has 0 amide bonds. The van der Waals surface area contributed by atoms with Crippen LogP contribution in [0.2, 0.25) is 0 Å². The van der Waals surface area contributed by atoms with Crippen LogP contribution in [0.1, 0.15) is 22.8 Å². The van der Waals surface area contributed by atoms with E-state index >= 15 is 0 Å². The molecule has 0 spiro atoms. The monoisotopic (exact) mass is 485 g/mol. The van der Waals surface area contributed by atoms with Gasteiger partial charge in [-0.05, 0) is 77.8 Å². The Balaban J connectivity index is 0.00000241. The summed E-state index contributed by atoms with van der Waals surface area (Å²) in [4.78, 5) is 16.2. The molecule has 2 aliphatic rings. The molecular formula is C26H19BMnN4O2. The summed E-state index contributed by atoms with van der Waals surface area (Å²) in [5.41, 5.74) is 9.02. The Hall–Kier alpha value is -3.68. The molecule has 8 bridgehead atoms. The van der Waals surface area contributed by atoms with Gasteiger partial charge in [0.15, 0.2) is 0 Å². The summed E-state index contributed by atoms with van der Waals surface area (Å²) in [7, 11) is -1.57. The van der Waals surface area contributed by atoms with Gasteiger partial charge in [0, 0.05) is 44.7 Å². The Labute approximate surface area is 206 Å². The molecule has 5 heterocycles. The molecule has 0 saturated heterocycles. The first-order chi connectivity index (χ1) is 16.1. The van der Waals surface area contributed by atoms with Crippen molar-refractivity contribution in [2.75, 3.05) is 0 Å². The van der Waals surface area contributed by atoms with Crippen LogP contribution >= 0.6 is 0 Å². The third-order valence-corrected chi connectivity index (χ3v) is 5.70. The van der Waals surface area contributed by atoms with E-state index in [4.69, 9.17) is 4.98 Å². The van der Waals surface area contributed by atoms with Crippen molar-refractivity contribution in [2.45, 2.75) is 0 Å². The van der Waals surface area contributed by atoms with Gasteiger partial charge >= 0.3 is 7.12 Å². The molecule has 0 unspecified atom stereocenters. The summed E-state index contributed by atoms with van der Waals surface area (Å²) in [6.45, 7) is 0. The van der Waals surface area contributed by atoms with Crippen molar-refractivity contribution in [3.63, 3.8) is 0 Å². The number of aromatic amines is 2. The molecule has 2 aliphatic heterocycles. The molecule has 0 atom stereocenters. The molecule has 1 aromatic carbocycles. The van der Waals surface area contributed by atoms with Crippen molar-refractivity contribution in [3.05, 3.63) is 89.5 Å². The first-order valence-corrected chi connectivity index (χ1v) is 10.6. The number of H-pyrrole nitrogens is 2. The Morgan fingerprint density at radius 1 is 0.588 bits per heavy atom. The summed E-state index contributed by atoms with van der Waals surface area (Å²) in [5.74, 6) is 0. The van der Waals surface area contributed by atoms with E-state index in [2.05, 4.69) is 15.0 Å². The molecule has 1 radical (unpaired) electrons. The third-order valence-electron chi connectivity index (χ3n) is 5.70. The maximum absolute atomic E-state index is 9.92. The van der Waals surface area contributed by atoms with Crippen molar-refractivity contribution < 1.29 is 27.1 Å². The quantitative estimate of drug-likeness (QED) is 0.279. The van der Waals surface area contributed by atoms with Gasteiger partial charge in [0.25, 0.3) is 0 Å². The van der Waals surface area contributed by atoms with Crippen LogP contribution in [-0.2, 0) is 17.1 Å². The van der Waals surface area contributed by atoms with Crippen LogP contribution in [0.3, 0.4) is 0 Å². The Morgan fingerprint density at radius 3 is 1.91 bits per heavy atom. The minimum atomic E-state index is -1.57. The number of fused-ring (bicyclic) bond motifs is 8. The average Bonchev–Trinajstić information content (AvgIpc) is 3.59. The number of aromatic nitrogens is 4. The molecule has 6 nitrogen and oxygen atoms in total. The number of hydrogen-bond donors (Lipinski definition) is 4. The van der Waals surface area contributed by atoms with Crippen molar-refractivity contribution in [3.8, 4) is 11.1 Å². The number of nitrogens with one attached hydrogen (secondary N) is 2. The van der Waals surface area contributed by atoms with Crippen LogP contribution in [0.25, 0.3) is 57.5 Å². The molecular weight excluding hydrogens is 466 g/mol. The van der Waals surface area contributed by atoms with Gasteiger partial charge in [-0.3, -0.25) is 0 Å². The third kappa shape index (κ3) is 4.28. The van der Waals surface area contributed by atoms with Crippen LogP contribution in [0.4, 0.5) is 0 Å². The zero-order valence-electron chi connectivity index (χ0n) is 17.9. The first kappa shape index (κ1) is 22.1. The topological polar surface area (TPSA) is 97.8 Å². The van der Waals surface area contributed by atoms with Gasteiger partial charge in [-0.1, -0.05) is 24.3 Å². The summed E-state index contributed by atoms with van der Waals surface area (Å²) >= 11 is 0. The minimum Gasteiger partial charge on any atom is -0.423 e. The van der Waals surface area contributed by atoms with E-state index in [0.29, 0.717) is 5.46 Å². The van der Waals surface area contributed by atoms with Crippen LogP contribution in [-0.4, -0.2) is 37.1 Å². The molecule has 0 saturated carbocycles. The van der Waals surface area contributed by atoms with Crippen molar-refractivity contribution in [1.29, 1.82) is 0 Å². The van der Waals surface area contributed by atoms with E-state index in [1.54, 1.807) is 12.1 Å². The largest absolute Gasteiger partial charge is 0.489 e. The van der Waals surface area contributed by atoms with Crippen LogP contribution in [0.5, 0.6) is 0 Å². The molecule has 8 heteroatoms. The van der Waals surface area contributed by atoms with Crippen molar-refractivity contribution >= 4 is 59.0 Å². The van der Waals surface area contributed by atoms with Gasteiger partial charge in [-0.15, -0.1) is 0 Å². The Bertz CT molecular complexity index is 1620. The predicted molar refractivity (Wildman–Crippen MR) is 134 cm³/mol. The fraction of sp³-hybridized carbons (Fsp3) is 0. The van der Waals surface area contributed by atoms with Gasteiger partial charge in [-0.2, -0.15) is 0 Å². The van der Waals surface area contributed by atoms with Gasteiger partial charge in [0.2, 0.25) is 0 Å². The predicted octanol–water partition coefficient (Wildman–Crippen LogP) is 4.00. The second kappa shape index (κ2) is 8.93. The van der Waals surface area contributed by atoms with Crippen LogP contribution in [0.15, 0.2) is 66.7 Å². The summed E-state index contributed by atoms with van der Waals surface area (Å²) in [6.07, 6.45) is 7.88. The SMILES string of the molecule is OB(O)c1ccccc1-c1cc2cc3ccc(cc4nc(cc5nc(cc1[nH]2)C=C5)C=C4)[nH]3.[Mn]. The Kier molecular flexibility index (Phi) is 5.81. The van der Waals surface area contributed by atoms with E-state index in [0.717, 1.165) is 56.0 Å². The van der Waals surface area contributed by atoms with E-state index < -0.39 is 7.12 Å². The molecule has 3 aromatic heterocycles. The standard InChI is InChI=1S/C26H19BN4O2.Mn/c32-27(33)25-4-2-1-3-23(25)24-14-22-13-20-8-7-18(29-20)11-16-5-6-17(28-16)12-19-9-10-21(30-19)15-26(24)31-22;/h1-15,29,31-33H;. The smallest absolute Gasteiger partial charge is 0.423 e. The average molecular weight is 485 g/mol. The number of nitrogens with zero attached hydrogens (tertiary/aromatic N) is 2. The van der Waals surface area contributed by atoms with Gasteiger partial charge in [-0.25, -0.2) is 9.97 Å².